The van der Waals surface area contributed by atoms with Crippen molar-refractivity contribution in [2.45, 2.75) is 19.6 Å². The van der Waals surface area contributed by atoms with Crippen LogP contribution in [0.15, 0.2) is 103 Å². The van der Waals surface area contributed by atoms with Gasteiger partial charge in [0.1, 0.15) is 31.6 Å². The SMILES string of the molecule is O=S(=O)([O-])c1cc(Nc2nc(Cl)nc(Nc3ccccc3)n2)c2c(O)c(N=Nc3cc(S(=O)(=O)[O-])c4cccc(SOO[O-])c4c3O)c(SOO[O-])cc2c1.[Cu].[Na+].[Na+].[Na+].[Na+]. The maximum Gasteiger partial charge on any atom is 1.00 e. The molecule has 0 amide bonds. The van der Waals surface area contributed by atoms with E-state index in [0.717, 1.165) is 18.2 Å². The Balaban J connectivity index is 0.00000360. The van der Waals surface area contributed by atoms with E-state index in [9.17, 15) is 46.7 Å². The van der Waals surface area contributed by atoms with E-state index in [1.165, 1.54) is 18.2 Å². The minimum absolute atomic E-state index is 0. The molecule has 0 atom stereocenters. The molecule has 1 radical (unpaired) electrons. The average molecular weight is 1010 g/mol. The van der Waals surface area contributed by atoms with Crippen LogP contribution in [0.5, 0.6) is 11.5 Å². The second kappa shape index (κ2) is 25.3. The van der Waals surface area contributed by atoms with Crippen molar-refractivity contribution in [3.05, 3.63) is 78.1 Å². The van der Waals surface area contributed by atoms with E-state index < -0.39 is 52.9 Å². The number of anilines is 4. The Morgan fingerprint density at radius 1 is 0.700 bits per heavy atom. The molecule has 0 aliphatic rings. The molecule has 60 heavy (non-hydrogen) atoms. The number of para-hydroxylation sites is 1. The zero-order valence-corrected chi connectivity index (χ0v) is 43.7. The maximum absolute atomic E-state index is 12.3. The Morgan fingerprint density at radius 3 is 1.92 bits per heavy atom. The second-order valence-corrected chi connectivity index (χ2v) is 15.0. The standard InChI is InChI=1S/C29H20ClN7O14S4.Cu.4Na/c30-27-33-28(31-14-5-2-1-3-6-14)35-29(34-27)32-17-11-15(54(42,43)44)9-13-10-20(53-51-49-41)24(26(39)22(13)17)37-36-18-12-21(55(45,46)47)16-7-4-8-19(52-50-48-40)23(16)25(18)38;;;;;/h1-12,38-41H,(H,42,43,44)(H,45,46,47)(H2,31,32,33,34,35);;;;;/q;;4*+1/p-4. The van der Waals surface area contributed by atoms with Gasteiger partial charge in [0.05, 0.1) is 49.4 Å². The Kier molecular flexibility index (Phi) is 24.2. The molecule has 0 saturated heterocycles. The van der Waals surface area contributed by atoms with Crippen molar-refractivity contribution in [1.82, 2.24) is 15.0 Å². The molecule has 4 N–H and O–H groups in total. The van der Waals surface area contributed by atoms with Crippen molar-refractivity contribution in [2.75, 3.05) is 10.6 Å². The number of fused-ring (bicyclic) bond motifs is 2. The molecule has 6 rings (SSSR count). The third-order valence-corrected chi connectivity index (χ3v) is 10.3. The number of phenolic OH excluding ortho intramolecular Hbond substituents is 2. The van der Waals surface area contributed by atoms with Gasteiger partial charge < -0.3 is 40.5 Å². The van der Waals surface area contributed by atoms with E-state index in [1.807, 2.05) is 0 Å². The number of aromatic nitrogens is 3. The molecule has 0 spiro atoms. The molecule has 0 aliphatic heterocycles. The number of halogens is 1. The normalized spacial score (nSPS) is 11.2. The predicted octanol–water partition coefficient (Wildman–Crippen LogP) is -7.57. The smallest absolute Gasteiger partial charge is 0.744 e. The number of hydrogen-bond acceptors (Lipinski definition) is 23. The first-order valence-corrected chi connectivity index (χ1v) is 19.1. The summed E-state index contributed by atoms with van der Waals surface area (Å²) in [4.78, 5) is 10.1. The Morgan fingerprint density at radius 2 is 1.32 bits per heavy atom. The van der Waals surface area contributed by atoms with Crippen LogP contribution in [0.2, 0.25) is 5.28 Å². The second-order valence-electron chi connectivity index (χ2n) is 10.5. The van der Waals surface area contributed by atoms with E-state index in [4.69, 9.17) is 11.6 Å². The van der Waals surface area contributed by atoms with Crippen LogP contribution >= 0.6 is 35.7 Å². The third kappa shape index (κ3) is 14.0. The molecule has 0 aliphatic carbocycles. The number of nitrogens with one attached hydrogen (secondary N) is 2. The Bertz CT molecular complexity index is 2730. The molecule has 5 aromatic carbocycles. The monoisotopic (exact) mass is 1000 g/mol. The van der Waals surface area contributed by atoms with E-state index in [0.29, 0.717) is 11.8 Å². The van der Waals surface area contributed by atoms with Crippen molar-refractivity contribution in [2.24, 2.45) is 10.2 Å². The van der Waals surface area contributed by atoms with Crippen LogP contribution in [-0.4, -0.2) is 51.1 Å². The van der Waals surface area contributed by atoms with Crippen LogP contribution in [0.25, 0.3) is 21.5 Å². The molecule has 0 unspecified atom stereocenters. The summed E-state index contributed by atoms with van der Waals surface area (Å²) in [7, 11) is -10.4. The predicted molar refractivity (Wildman–Crippen MR) is 185 cm³/mol. The fourth-order valence-corrected chi connectivity index (χ4v) is 7.44. The van der Waals surface area contributed by atoms with E-state index in [-0.39, 0.29) is 214 Å². The molecule has 31 heteroatoms. The quantitative estimate of drug-likeness (QED) is 0.0197. The first-order chi connectivity index (χ1) is 26.2. The molecule has 0 fully saturated rings. The Labute approximate surface area is 451 Å². The number of hydrogen-bond donors (Lipinski definition) is 4. The summed E-state index contributed by atoms with van der Waals surface area (Å²) in [5.74, 6) is -2.00. The van der Waals surface area contributed by atoms with Crippen LogP contribution in [0.3, 0.4) is 0 Å². The molecular weight excluding hydrogens is 990 g/mol. The van der Waals surface area contributed by atoms with Gasteiger partial charge in [0.2, 0.25) is 17.2 Å². The van der Waals surface area contributed by atoms with Crippen LogP contribution in [0.1, 0.15) is 0 Å². The number of azo groups is 1. The Hall–Kier alpha value is -0.481. The summed E-state index contributed by atoms with van der Waals surface area (Å²) in [5.41, 5.74) is -1.01. The molecule has 1 aromatic heterocycles. The average Bonchev–Trinajstić information content (AvgIpc) is 3.12. The van der Waals surface area contributed by atoms with Crippen molar-refractivity contribution >= 4 is 112 Å². The number of phenols is 2. The number of nitrogens with zero attached hydrogens (tertiary/aromatic N) is 5. The minimum Gasteiger partial charge on any atom is -0.744 e. The molecule has 21 nitrogen and oxygen atoms in total. The molecular formula is C29H16ClCuN7Na4O14S4. The zero-order valence-electron chi connectivity index (χ0n) is 30.8. The van der Waals surface area contributed by atoms with Gasteiger partial charge in [-0.2, -0.15) is 23.6 Å². The number of benzene rings is 5. The van der Waals surface area contributed by atoms with Gasteiger partial charge in [0, 0.05) is 38.9 Å². The molecule has 1 heterocycles. The van der Waals surface area contributed by atoms with Crippen molar-refractivity contribution in [3.8, 4) is 11.5 Å². The zero-order chi connectivity index (χ0) is 39.5. The number of aromatic hydroxyl groups is 2. The molecule has 0 bridgehead atoms. The first kappa shape index (κ1) is 57.5. The molecule has 0 saturated carbocycles. The van der Waals surface area contributed by atoms with Gasteiger partial charge >= 0.3 is 118 Å². The van der Waals surface area contributed by atoms with E-state index in [2.05, 4.69) is 54.6 Å². The summed E-state index contributed by atoms with van der Waals surface area (Å²) in [6.45, 7) is 0. The van der Waals surface area contributed by atoms with E-state index in [1.54, 1.807) is 30.3 Å². The van der Waals surface area contributed by atoms with Gasteiger partial charge in [0.25, 0.3) is 0 Å². The van der Waals surface area contributed by atoms with Gasteiger partial charge in [-0.3, -0.25) is 10.1 Å². The molecule has 297 valence electrons. The van der Waals surface area contributed by atoms with Crippen LogP contribution in [0.4, 0.5) is 34.6 Å². The van der Waals surface area contributed by atoms with Gasteiger partial charge in [-0.05, 0) is 59.5 Å². The first-order valence-electron chi connectivity index (χ1n) is 14.4. The van der Waals surface area contributed by atoms with E-state index >= 15 is 0 Å². The van der Waals surface area contributed by atoms with Crippen LogP contribution in [-0.2, 0) is 56.0 Å². The topological polar surface area (TPSA) is 325 Å². The van der Waals surface area contributed by atoms with Gasteiger partial charge in [-0.1, -0.05) is 30.3 Å². The maximum atomic E-state index is 12.3. The van der Waals surface area contributed by atoms with Gasteiger partial charge in [-0.25, -0.2) is 16.8 Å². The van der Waals surface area contributed by atoms with Crippen LogP contribution in [0, 0.1) is 0 Å². The van der Waals surface area contributed by atoms with Crippen molar-refractivity contribution in [3.63, 3.8) is 0 Å². The third-order valence-electron chi connectivity index (χ3n) is 7.17. The number of rotatable bonds is 14. The van der Waals surface area contributed by atoms with Gasteiger partial charge in [0.15, 0.2) is 11.5 Å². The summed E-state index contributed by atoms with van der Waals surface area (Å²) < 4.78 is 82.1. The summed E-state index contributed by atoms with van der Waals surface area (Å²) >= 11 is 6.53. The minimum atomic E-state index is -5.27. The van der Waals surface area contributed by atoms with Gasteiger partial charge in [-0.15, -0.1) is 10.2 Å². The largest absolute Gasteiger partial charge is 1.00 e. The summed E-state index contributed by atoms with van der Waals surface area (Å²) in [6, 6.07) is 15.9. The summed E-state index contributed by atoms with van der Waals surface area (Å²) in [5, 5.41) is 62.8. The van der Waals surface area contributed by atoms with Crippen molar-refractivity contribution < 1.29 is 201 Å². The fourth-order valence-electron chi connectivity index (χ4n) is 5.03. The fraction of sp³-hybridized carbons (Fsp3) is 0. The molecule has 6 aromatic rings. The van der Waals surface area contributed by atoms with Crippen molar-refractivity contribution in [1.29, 1.82) is 0 Å². The summed E-state index contributed by atoms with van der Waals surface area (Å²) in [6.07, 6.45) is 0. The van der Waals surface area contributed by atoms with Crippen LogP contribution < -0.4 is 139 Å².